The molecule has 1 aliphatic heterocycles. The molecule has 0 unspecified atom stereocenters. The minimum Gasteiger partial charge on any atom is -0.406 e. The number of alkyl halides is 3. The Labute approximate surface area is 197 Å². The lowest BCUT2D eigenvalue weighted by atomic mass is 10.1. The largest absolute Gasteiger partial charge is 0.573 e. The molecular formula is C23H14F3N3O5S. The van der Waals surface area contributed by atoms with E-state index in [9.17, 15) is 31.2 Å². The molecule has 0 atom stereocenters. The van der Waals surface area contributed by atoms with Crippen LogP contribution in [0.2, 0.25) is 0 Å². The van der Waals surface area contributed by atoms with Crippen LogP contribution < -0.4 is 9.46 Å². The first-order chi connectivity index (χ1) is 16.5. The molecule has 0 saturated carbocycles. The molecule has 0 bridgehead atoms. The number of carbonyl (C=O) groups is 2. The summed E-state index contributed by atoms with van der Waals surface area (Å²) in [6.07, 6.45) is -4.93. The number of nitrogens with one attached hydrogen (secondary N) is 1. The Morgan fingerprint density at radius 3 is 2.31 bits per heavy atom. The van der Waals surface area contributed by atoms with Crippen LogP contribution in [0.1, 0.15) is 31.8 Å². The van der Waals surface area contributed by atoms with Gasteiger partial charge >= 0.3 is 6.36 Å². The molecule has 0 spiro atoms. The van der Waals surface area contributed by atoms with Crippen LogP contribution in [0.15, 0.2) is 71.6 Å². The van der Waals surface area contributed by atoms with E-state index in [1.54, 1.807) is 18.2 Å². The van der Waals surface area contributed by atoms with Gasteiger partial charge < -0.3 is 4.74 Å². The molecule has 4 rings (SSSR count). The highest BCUT2D eigenvalue weighted by Crippen LogP contribution is 2.32. The Morgan fingerprint density at radius 1 is 0.971 bits per heavy atom. The van der Waals surface area contributed by atoms with Crippen LogP contribution in [-0.4, -0.2) is 31.5 Å². The Hall–Kier alpha value is -4.37. The van der Waals surface area contributed by atoms with Crippen molar-refractivity contribution >= 4 is 27.5 Å². The molecule has 178 valence electrons. The zero-order valence-corrected chi connectivity index (χ0v) is 18.4. The SMILES string of the molecule is N#Cc1cccc(CN2C(=O)c3cccc(NS(=O)(=O)c4ccc(OC(F)(F)F)cc4)c3C2=O)c1. The van der Waals surface area contributed by atoms with Gasteiger partial charge in [0.05, 0.1) is 39.9 Å². The molecule has 3 aromatic rings. The second-order valence-corrected chi connectivity index (χ2v) is 9.04. The highest BCUT2D eigenvalue weighted by molar-refractivity contribution is 7.92. The number of rotatable bonds is 6. The predicted octanol–water partition coefficient (Wildman–Crippen LogP) is 4.05. The lowest BCUT2D eigenvalue weighted by Crippen LogP contribution is -2.29. The van der Waals surface area contributed by atoms with E-state index >= 15 is 0 Å². The number of anilines is 1. The first kappa shape index (κ1) is 23.8. The van der Waals surface area contributed by atoms with E-state index in [1.807, 2.05) is 6.07 Å². The second-order valence-electron chi connectivity index (χ2n) is 7.36. The molecule has 0 fully saturated rings. The van der Waals surface area contributed by atoms with Crippen molar-refractivity contribution in [2.75, 3.05) is 4.72 Å². The summed E-state index contributed by atoms with van der Waals surface area (Å²) in [5.41, 5.74) is 0.543. The van der Waals surface area contributed by atoms with Gasteiger partial charge in [0.15, 0.2) is 0 Å². The Bertz CT molecular complexity index is 1480. The molecule has 1 N–H and O–H groups in total. The van der Waals surface area contributed by atoms with Crippen molar-refractivity contribution in [2.45, 2.75) is 17.8 Å². The van der Waals surface area contributed by atoms with Gasteiger partial charge in [-0.3, -0.25) is 19.2 Å². The first-order valence-corrected chi connectivity index (χ1v) is 11.3. The quantitative estimate of drug-likeness (QED) is 0.510. The molecule has 1 aliphatic rings. The van der Waals surface area contributed by atoms with E-state index in [2.05, 4.69) is 9.46 Å². The summed E-state index contributed by atoms with van der Waals surface area (Å²) in [6.45, 7) is -0.130. The maximum atomic E-state index is 13.1. The molecule has 35 heavy (non-hydrogen) atoms. The van der Waals surface area contributed by atoms with Gasteiger partial charge in [0.2, 0.25) is 0 Å². The van der Waals surface area contributed by atoms with Gasteiger partial charge in [-0.1, -0.05) is 18.2 Å². The van der Waals surface area contributed by atoms with E-state index in [4.69, 9.17) is 5.26 Å². The van der Waals surface area contributed by atoms with Gasteiger partial charge in [-0.25, -0.2) is 8.42 Å². The maximum Gasteiger partial charge on any atom is 0.573 e. The molecule has 2 amide bonds. The topological polar surface area (TPSA) is 117 Å². The zero-order chi connectivity index (χ0) is 25.4. The summed E-state index contributed by atoms with van der Waals surface area (Å²) in [4.78, 5) is 26.5. The van der Waals surface area contributed by atoms with Gasteiger partial charge in [-0.15, -0.1) is 13.2 Å². The van der Waals surface area contributed by atoms with Crippen LogP contribution in [0.4, 0.5) is 18.9 Å². The third-order valence-electron chi connectivity index (χ3n) is 5.01. The lowest BCUT2D eigenvalue weighted by molar-refractivity contribution is -0.274. The molecule has 0 radical (unpaired) electrons. The van der Waals surface area contributed by atoms with Crippen LogP contribution in [-0.2, 0) is 16.6 Å². The molecule has 1 heterocycles. The van der Waals surface area contributed by atoms with Gasteiger partial charge in [-0.05, 0) is 54.1 Å². The first-order valence-electron chi connectivity index (χ1n) is 9.85. The molecule has 3 aromatic carbocycles. The minimum atomic E-state index is -4.93. The van der Waals surface area contributed by atoms with Crippen LogP contribution in [0.3, 0.4) is 0 Å². The van der Waals surface area contributed by atoms with Crippen LogP contribution in [0.25, 0.3) is 0 Å². The number of benzene rings is 3. The fraction of sp³-hybridized carbons (Fsp3) is 0.0870. The van der Waals surface area contributed by atoms with Crippen molar-refractivity contribution in [2.24, 2.45) is 0 Å². The molecule has 0 saturated heterocycles. The Morgan fingerprint density at radius 2 is 1.66 bits per heavy atom. The van der Waals surface area contributed by atoms with Crippen LogP contribution in [0.5, 0.6) is 5.75 Å². The molecule has 8 nitrogen and oxygen atoms in total. The monoisotopic (exact) mass is 501 g/mol. The third-order valence-corrected chi connectivity index (χ3v) is 6.39. The Kier molecular flexibility index (Phi) is 5.96. The number of nitriles is 1. The predicted molar refractivity (Wildman–Crippen MR) is 116 cm³/mol. The van der Waals surface area contributed by atoms with Gasteiger partial charge in [0.1, 0.15) is 5.75 Å². The Balaban J connectivity index is 1.60. The van der Waals surface area contributed by atoms with Crippen molar-refractivity contribution in [1.29, 1.82) is 5.26 Å². The summed E-state index contributed by atoms with van der Waals surface area (Å²) in [5.74, 6) is -1.98. The molecule has 0 aliphatic carbocycles. The number of halogens is 3. The number of fused-ring (bicyclic) bond motifs is 1. The van der Waals surface area contributed by atoms with Gasteiger partial charge in [-0.2, -0.15) is 5.26 Å². The average molecular weight is 501 g/mol. The maximum absolute atomic E-state index is 13.1. The average Bonchev–Trinajstić information content (AvgIpc) is 3.04. The third kappa shape index (κ3) is 4.95. The molecule has 0 aromatic heterocycles. The standard InChI is InChI=1S/C23H14F3N3O5S/c24-23(25,26)34-16-7-9-17(10-8-16)35(32,33)28-19-6-2-5-18-20(19)22(31)29(21(18)30)13-15-4-1-3-14(11-15)12-27/h1-11,28H,13H2. The van der Waals surface area contributed by atoms with Crippen molar-refractivity contribution in [1.82, 2.24) is 4.90 Å². The van der Waals surface area contributed by atoms with E-state index in [-0.39, 0.29) is 28.3 Å². The number of carbonyl (C=O) groups excluding carboxylic acids is 2. The summed E-state index contributed by atoms with van der Waals surface area (Å²) in [6, 6.07) is 15.9. The zero-order valence-electron chi connectivity index (χ0n) is 17.5. The van der Waals surface area contributed by atoms with Gasteiger partial charge in [0, 0.05) is 0 Å². The summed E-state index contributed by atoms with van der Waals surface area (Å²) in [7, 11) is -4.33. The summed E-state index contributed by atoms with van der Waals surface area (Å²) < 4.78 is 68.6. The highest BCUT2D eigenvalue weighted by atomic mass is 32.2. The van der Waals surface area contributed by atoms with Crippen LogP contribution >= 0.6 is 0 Å². The van der Waals surface area contributed by atoms with Crippen LogP contribution in [0, 0.1) is 11.3 Å². The van der Waals surface area contributed by atoms with Crippen molar-refractivity contribution in [3.05, 3.63) is 89.0 Å². The smallest absolute Gasteiger partial charge is 0.406 e. The minimum absolute atomic E-state index is 0.0134. The number of nitrogens with zero attached hydrogens (tertiary/aromatic N) is 2. The van der Waals surface area contributed by atoms with Crippen molar-refractivity contribution in [3.8, 4) is 11.8 Å². The van der Waals surface area contributed by atoms with E-state index in [0.29, 0.717) is 11.1 Å². The summed E-state index contributed by atoms with van der Waals surface area (Å²) >= 11 is 0. The highest BCUT2D eigenvalue weighted by Gasteiger charge is 2.38. The number of hydrogen-bond acceptors (Lipinski definition) is 6. The fourth-order valence-corrected chi connectivity index (χ4v) is 4.58. The number of sulfonamides is 1. The fourth-order valence-electron chi connectivity index (χ4n) is 3.51. The van der Waals surface area contributed by atoms with Crippen molar-refractivity contribution in [3.63, 3.8) is 0 Å². The van der Waals surface area contributed by atoms with E-state index < -0.39 is 33.9 Å². The number of ether oxygens (including phenoxy) is 1. The normalized spacial score (nSPS) is 13.4. The number of hydrogen-bond donors (Lipinski definition) is 1. The second kappa shape index (κ2) is 8.77. The van der Waals surface area contributed by atoms with Crippen molar-refractivity contribution < 1.29 is 35.9 Å². The molecule has 12 heteroatoms. The van der Waals surface area contributed by atoms with Gasteiger partial charge in [0.25, 0.3) is 21.8 Å². The number of imide groups is 1. The number of amides is 2. The molecular weight excluding hydrogens is 487 g/mol. The van der Waals surface area contributed by atoms with E-state index in [0.717, 1.165) is 29.2 Å². The summed E-state index contributed by atoms with van der Waals surface area (Å²) in [5, 5.41) is 9.05. The lowest BCUT2D eigenvalue weighted by Gasteiger charge is -2.14. The van der Waals surface area contributed by atoms with E-state index in [1.165, 1.54) is 24.3 Å².